The van der Waals surface area contributed by atoms with Gasteiger partial charge in [-0.25, -0.2) is 0 Å². The highest BCUT2D eigenvalue weighted by Crippen LogP contribution is 2.54. The number of aliphatic hydroxyl groups excluding tert-OH is 1. The molecule has 0 aromatic carbocycles. The molecule has 0 saturated heterocycles. The first-order valence-corrected chi connectivity index (χ1v) is 12.2. The molecule has 0 spiro atoms. The molecule has 3 fully saturated rings. The standard InChI is InChI=1S/C27H44O2/c1-18(2)7-6-16-27(5,29)25-15-14-24-21(10-8-20(4)26(24)25)11-12-22-17-23(28)13-9-19(22)3/h11-12,18,20,23-26,28-29H,3,6-10,13-17H2,1-2,4-5H3/b21-11+,22-12-/t20-,23-,24?,25-,26?,27+/m0/s1. The number of fused-ring (bicyclic) bond motifs is 1. The van der Waals surface area contributed by atoms with Gasteiger partial charge in [-0.1, -0.05) is 63.5 Å². The highest BCUT2D eigenvalue weighted by Gasteiger charge is 2.49. The molecule has 6 atom stereocenters. The van der Waals surface area contributed by atoms with Gasteiger partial charge in [0.25, 0.3) is 0 Å². The van der Waals surface area contributed by atoms with Gasteiger partial charge in [-0.05, 0) is 93.5 Å². The molecule has 0 radical (unpaired) electrons. The van der Waals surface area contributed by atoms with E-state index in [1.165, 1.54) is 36.8 Å². The number of allylic oxidation sites excluding steroid dienone is 4. The zero-order valence-electron chi connectivity index (χ0n) is 19.3. The van der Waals surface area contributed by atoms with Crippen LogP contribution in [0.25, 0.3) is 0 Å². The van der Waals surface area contributed by atoms with Crippen LogP contribution in [0.2, 0.25) is 0 Å². The summed E-state index contributed by atoms with van der Waals surface area (Å²) in [5, 5.41) is 21.4. The maximum Gasteiger partial charge on any atom is 0.0650 e. The molecule has 2 nitrogen and oxygen atoms in total. The minimum atomic E-state index is -0.536. The molecule has 3 rings (SSSR count). The maximum atomic E-state index is 11.4. The fourth-order valence-corrected chi connectivity index (χ4v) is 6.40. The summed E-state index contributed by atoms with van der Waals surface area (Å²) < 4.78 is 0. The maximum absolute atomic E-state index is 11.4. The molecule has 0 aromatic heterocycles. The van der Waals surface area contributed by atoms with Crippen molar-refractivity contribution < 1.29 is 10.2 Å². The zero-order valence-corrected chi connectivity index (χ0v) is 19.3. The van der Waals surface area contributed by atoms with Crippen molar-refractivity contribution in [3.63, 3.8) is 0 Å². The predicted octanol–water partition coefficient (Wildman–Crippen LogP) is 6.59. The van der Waals surface area contributed by atoms with E-state index in [2.05, 4.69) is 46.4 Å². The quantitative estimate of drug-likeness (QED) is 0.528. The van der Waals surface area contributed by atoms with Crippen molar-refractivity contribution in [2.45, 2.75) is 104 Å². The van der Waals surface area contributed by atoms with E-state index in [4.69, 9.17) is 0 Å². The molecule has 0 amide bonds. The molecule has 2 heteroatoms. The van der Waals surface area contributed by atoms with Crippen molar-refractivity contribution in [2.75, 3.05) is 0 Å². The van der Waals surface area contributed by atoms with Gasteiger partial charge in [0.15, 0.2) is 0 Å². The lowest BCUT2D eigenvalue weighted by Crippen LogP contribution is -2.41. The normalized spacial score (nSPS) is 37.9. The average Bonchev–Trinajstić information content (AvgIpc) is 3.10. The largest absolute Gasteiger partial charge is 0.393 e. The fourth-order valence-electron chi connectivity index (χ4n) is 6.40. The van der Waals surface area contributed by atoms with Crippen LogP contribution < -0.4 is 0 Å². The van der Waals surface area contributed by atoms with Crippen molar-refractivity contribution in [3.8, 4) is 0 Å². The number of rotatable bonds is 6. The zero-order chi connectivity index (χ0) is 21.2. The van der Waals surface area contributed by atoms with Crippen LogP contribution in [0.15, 0.2) is 35.5 Å². The SMILES string of the molecule is C=C1CC[C@H](O)C/C1=C/C=C1\CC[C@H](C)C2C1CC[C@@H]2[C@](C)(O)CCCC(C)C. The molecule has 164 valence electrons. The van der Waals surface area contributed by atoms with Gasteiger partial charge in [-0.2, -0.15) is 0 Å². The lowest BCUT2D eigenvalue weighted by molar-refractivity contribution is -0.0429. The third-order valence-electron chi connectivity index (χ3n) is 8.19. The molecule has 2 unspecified atom stereocenters. The van der Waals surface area contributed by atoms with E-state index < -0.39 is 5.60 Å². The third kappa shape index (κ3) is 5.44. The van der Waals surface area contributed by atoms with Crippen molar-refractivity contribution >= 4 is 0 Å². The topological polar surface area (TPSA) is 40.5 Å². The van der Waals surface area contributed by atoms with Crippen LogP contribution in [0, 0.1) is 29.6 Å². The molecule has 29 heavy (non-hydrogen) atoms. The van der Waals surface area contributed by atoms with E-state index in [-0.39, 0.29) is 6.10 Å². The summed E-state index contributed by atoms with van der Waals surface area (Å²) in [7, 11) is 0. The second-order valence-electron chi connectivity index (χ2n) is 11.0. The van der Waals surface area contributed by atoms with Gasteiger partial charge in [0.2, 0.25) is 0 Å². The summed E-state index contributed by atoms with van der Waals surface area (Å²) in [6.07, 6.45) is 15.0. The smallest absolute Gasteiger partial charge is 0.0650 e. The Balaban J connectivity index is 1.73. The predicted molar refractivity (Wildman–Crippen MR) is 123 cm³/mol. The van der Waals surface area contributed by atoms with Gasteiger partial charge in [0.1, 0.15) is 0 Å². The Bertz CT molecular complexity index is 639. The van der Waals surface area contributed by atoms with Gasteiger partial charge in [0, 0.05) is 0 Å². The van der Waals surface area contributed by atoms with E-state index in [9.17, 15) is 10.2 Å². The van der Waals surface area contributed by atoms with Crippen LogP contribution in [0.5, 0.6) is 0 Å². The Labute approximate surface area is 179 Å². The lowest BCUT2D eigenvalue weighted by Gasteiger charge is -2.42. The Morgan fingerprint density at radius 3 is 2.62 bits per heavy atom. The van der Waals surface area contributed by atoms with E-state index in [1.807, 2.05) is 0 Å². The van der Waals surface area contributed by atoms with E-state index in [0.29, 0.717) is 29.6 Å². The minimum Gasteiger partial charge on any atom is -0.393 e. The van der Waals surface area contributed by atoms with Crippen molar-refractivity contribution in [2.24, 2.45) is 29.6 Å². The first-order valence-electron chi connectivity index (χ1n) is 12.2. The summed E-state index contributed by atoms with van der Waals surface area (Å²) in [6.45, 7) is 13.3. The van der Waals surface area contributed by atoms with Gasteiger partial charge in [-0.15, -0.1) is 0 Å². The lowest BCUT2D eigenvalue weighted by atomic mass is 9.65. The first-order chi connectivity index (χ1) is 13.7. The minimum absolute atomic E-state index is 0.207. The van der Waals surface area contributed by atoms with Crippen molar-refractivity contribution in [1.29, 1.82) is 0 Å². The average molecular weight is 401 g/mol. The van der Waals surface area contributed by atoms with Crippen molar-refractivity contribution in [3.05, 3.63) is 35.5 Å². The summed E-state index contributed by atoms with van der Waals surface area (Å²) in [5.74, 6) is 3.07. The third-order valence-corrected chi connectivity index (χ3v) is 8.19. The van der Waals surface area contributed by atoms with E-state index in [1.54, 1.807) is 5.57 Å². The van der Waals surface area contributed by atoms with Crippen LogP contribution in [0.3, 0.4) is 0 Å². The van der Waals surface area contributed by atoms with Gasteiger partial charge < -0.3 is 10.2 Å². The molecular weight excluding hydrogens is 356 g/mol. The molecule has 0 aliphatic heterocycles. The van der Waals surface area contributed by atoms with Crippen LogP contribution in [0.1, 0.15) is 91.9 Å². The van der Waals surface area contributed by atoms with Gasteiger partial charge in [-0.3, -0.25) is 0 Å². The molecule has 0 aromatic rings. The summed E-state index contributed by atoms with van der Waals surface area (Å²) >= 11 is 0. The first kappa shape index (κ1) is 22.8. The van der Waals surface area contributed by atoms with Crippen LogP contribution in [-0.4, -0.2) is 21.9 Å². The number of aliphatic hydroxyl groups is 2. The Kier molecular flexibility index (Phi) is 7.49. The number of hydrogen-bond acceptors (Lipinski definition) is 2. The molecule has 0 bridgehead atoms. The second-order valence-corrected chi connectivity index (χ2v) is 11.0. The molecule has 3 saturated carbocycles. The second kappa shape index (κ2) is 9.52. The van der Waals surface area contributed by atoms with Gasteiger partial charge >= 0.3 is 0 Å². The molecule has 3 aliphatic rings. The summed E-state index contributed by atoms with van der Waals surface area (Å²) in [4.78, 5) is 0. The summed E-state index contributed by atoms with van der Waals surface area (Å²) in [5.41, 5.74) is 3.48. The van der Waals surface area contributed by atoms with Crippen LogP contribution >= 0.6 is 0 Å². The molecule has 2 N–H and O–H groups in total. The Morgan fingerprint density at radius 1 is 1.14 bits per heavy atom. The van der Waals surface area contributed by atoms with E-state index in [0.717, 1.165) is 38.5 Å². The highest BCUT2D eigenvalue weighted by atomic mass is 16.3. The Hall–Kier alpha value is -0.860. The van der Waals surface area contributed by atoms with Crippen LogP contribution in [-0.2, 0) is 0 Å². The summed E-state index contributed by atoms with van der Waals surface area (Å²) in [6, 6.07) is 0. The highest BCUT2D eigenvalue weighted by molar-refractivity contribution is 5.36. The Morgan fingerprint density at radius 2 is 1.90 bits per heavy atom. The number of hydrogen-bond donors (Lipinski definition) is 2. The van der Waals surface area contributed by atoms with Crippen LogP contribution in [0.4, 0.5) is 0 Å². The molecular formula is C27H44O2. The van der Waals surface area contributed by atoms with Gasteiger partial charge in [0.05, 0.1) is 11.7 Å². The molecule has 0 heterocycles. The molecule has 3 aliphatic carbocycles. The van der Waals surface area contributed by atoms with E-state index >= 15 is 0 Å². The van der Waals surface area contributed by atoms with Crippen molar-refractivity contribution in [1.82, 2.24) is 0 Å². The monoisotopic (exact) mass is 400 g/mol. The fraction of sp³-hybridized carbons (Fsp3) is 0.778.